The highest BCUT2D eigenvalue weighted by atomic mass is 15.3. The summed E-state index contributed by atoms with van der Waals surface area (Å²) in [5.74, 6) is 0. The summed E-state index contributed by atoms with van der Waals surface area (Å²) in [6.07, 6.45) is 0. The van der Waals surface area contributed by atoms with E-state index < -0.39 is 0 Å². The maximum atomic E-state index is 8.94. The van der Waals surface area contributed by atoms with Crippen molar-refractivity contribution >= 4 is 0 Å². The predicted octanol–water partition coefficient (Wildman–Crippen LogP) is 1.28. The molecule has 1 aliphatic heterocycles. The molecule has 0 saturated carbocycles. The molecule has 4 nitrogen and oxygen atoms in total. The van der Waals surface area contributed by atoms with Crippen LogP contribution in [0, 0.1) is 11.3 Å². The topological polar surface area (TPSA) is 44.9 Å². The second-order valence-electron chi connectivity index (χ2n) is 4.10. The Morgan fingerprint density at radius 2 is 2.14 bits per heavy atom. The molecule has 0 spiro atoms. The van der Waals surface area contributed by atoms with Crippen LogP contribution in [0.5, 0.6) is 0 Å². The van der Waals surface area contributed by atoms with Gasteiger partial charge in [-0.05, 0) is 20.9 Å². The molecule has 1 aromatic rings. The zero-order valence-corrected chi connectivity index (χ0v) is 8.78. The number of aromatic nitrogens is 2. The van der Waals surface area contributed by atoms with Crippen LogP contribution in [0.2, 0.25) is 0 Å². The summed E-state index contributed by atoms with van der Waals surface area (Å²) in [4.78, 5) is 2.20. The number of fused-ring (bicyclic) bond motifs is 1. The lowest BCUT2D eigenvalue weighted by Crippen LogP contribution is -2.13. The van der Waals surface area contributed by atoms with E-state index in [0.29, 0.717) is 11.7 Å². The molecular weight excluding hydrogens is 176 g/mol. The van der Waals surface area contributed by atoms with Crippen LogP contribution in [0.3, 0.4) is 0 Å². The first kappa shape index (κ1) is 9.22. The number of nitriles is 1. The largest absolute Gasteiger partial charge is 0.296 e. The van der Waals surface area contributed by atoms with Crippen LogP contribution in [0.1, 0.15) is 36.8 Å². The van der Waals surface area contributed by atoms with Crippen molar-refractivity contribution in [2.75, 3.05) is 7.05 Å². The standard InChI is InChI=1S/C10H14N4/c1-7(2)14-10-6-13(3)5-8(10)9(4-11)12-14/h7H,5-6H2,1-3H3. The van der Waals surface area contributed by atoms with Gasteiger partial charge in [-0.3, -0.25) is 9.58 Å². The zero-order valence-electron chi connectivity index (χ0n) is 8.78. The highest BCUT2D eigenvalue weighted by molar-refractivity contribution is 5.37. The summed E-state index contributed by atoms with van der Waals surface area (Å²) in [7, 11) is 2.06. The van der Waals surface area contributed by atoms with Gasteiger partial charge in [0.2, 0.25) is 0 Å². The van der Waals surface area contributed by atoms with E-state index >= 15 is 0 Å². The average molecular weight is 190 g/mol. The number of rotatable bonds is 1. The van der Waals surface area contributed by atoms with Crippen LogP contribution < -0.4 is 0 Å². The van der Waals surface area contributed by atoms with Crippen molar-refractivity contribution in [3.8, 4) is 6.07 Å². The molecular formula is C10H14N4. The van der Waals surface area contributed by atoms with Crippen molar-refractivity contribution in [2.24, 2.45) is 0 Å². The first-order chi connectivity index (χ1) is 6.63. The Balaban J connectivity index is 2.52. The summed E-state index contributed by atoms with van der Waals surface area (Å²) in [6, 6.07) is 2.50. The normalized spacial score (nSPS) is 15.9. The van der Waals surface area contributed by atoms with E-state index in [2.05, 4.69) is 37.0 Å². The number of hydrogen-bond donors (Lipinski definition) is 0. The molecule has 4 heteroatoms. The fourth-order valence-corrected chi connectivity index (χ4v) is 1.94. The minimum absolute atomic E-state index is 0.331. The lowest BCUT2D eigenvalue weighted by molar-refractivity contribution is 0.337. The summed E-state index contributed by atoms with van der Waals surface area (Å²) >= 11 is 0. The van der Waals surface area contributed by atoms with Crippen molar-refractivity contribution in [3.63, 3.8) is 0 Å². The molecule has 2 rings (SSSR count). The smallest absolute Gasteiger partial charge is 0.167 e. The maximum absolute atomic E-state index is 8.94. The van der Waals surface area contributed by atoms with Crippen LogP contribution in [-0.2, 0) is 13.1 Å². The molecule has 0 saturated heterocycles. The van der Waals surface area contributed by atoms with Gasteiger partial charge < -0.3 is 0 Å². The Morgan fingerprint density at radius 1 is 1.43 bits per heavy atom. The minimum atomic E-state index is 0.331. The van der Waals surface area contributed by atoms with Gasteiger partial charge >= 0.3 is 0 Å². The first-order valence-electron chi connectivity index (χ1n) is 4.82. The molecule has 0 N–H and O–H groups in total. The van der Waals surface area contributed by atoms with E-state index in [0.717, 1.165) is 18.7 Å². The van der Waals surface area contributed by atoms with Crippen molar-refractivity contribution in [3.05, 3.63) is 17.0 Å². The van der Waals surface area contributed by atoms with Gasteiger partial charge in [-0.15, -0.1) is 0 Å². The highest BCUT2D eigenvalue weighted by Crippen LogP contribution is 2.26. The lowest BCUT2D eigenvalue weighted by Gasteiger charge is -2.11. The quantitative estimate of drug-likeness (QED) is 0.670. The second kappa shape index (κ2) is 3.10. The van der Waals surface area contributed by atoms with Crippen LogP contribution in [0.15, 0.2) is 0 Å². The minimum Gasteiger partial charge on any atom is -0.296 e. The van der Waals surface area contributed by atoms with Gasteiger partial charge in [0.1, 0.15) is 6.07 Å². The summed E-state index contributed by atoms with van der Waals surface area (Å²) in [6.45, 7) is 5.94. The van der Waals surface area contributed by atoms with Gasteiger partial charge in [-0.2, -0.15) is 10.4 Å². The predicted molar refractivity (Wildman–Crippen MR) is 52.5 cm³/mol. The molecule has 1 aliphatic rings. The van der Waals surface area contributed by atoms with E-state index in [4.69, 9.17) is 5.26 Å². The van der Waals surface area contributed by atoms with E-state index in [1.165, 1.54) is 5.69 Å². The maximum Gasteiger partial charge on any atom is 0.167 e. The average Bonchev–Trinajstić information content (AvgIpc) is 2.60. The Labute approximate surface area is 83.7 Å². The van der Waals surface area contributed by atoms with Gasteiger partial charge in [-0.25, -0.2) is 0 Å². The van der Waals surface area contributed by atoms with Crippen LogP contribution in [0.4, 0.5) is 0 Å². The molecule has 14 heavy (non-hydrogen) atoms. The zero-order chi connectivity index (χ0) is 10.3. The molecule has 0 aliphatic carbocycles. The molecule has 74 valence electrons. The fourth-order valence-electron chi connectivity index (χ4n) is 1.94. The van der Waals surface area contributed by atoms with Crippen LogP contribution in [-0.4, -0.2) is 21.7 Å². The van der Waals surface area contributed by atoms with E-state index in [1.54, 1.807) is 0 Å². The monoisotopic (exact) mass is 190 g/mol. The molecule has 0 aromatic carbocycles. The third-order valence-corrected chi connectivity index (χ3v) is 2.56. The highest BCUT2D eigenvalue weighted by Gasteiger charge is 2.26. The van der Waals surface area contributed by atoms with Crippen molar-refractivity contribution in [1.29, 1.82) is 5.26 Å². The number of nitrogens with zero attached hydrogens (tertiary/aromatic N) is 4. The SMILES string of the molecule is CC(C)n1nc(C#N)c2c1CN(C)C2. The molecule has 0 fully saturated rings. The molecule has 0 atom stereocenters. The number of hydrogen-bond acceptors (Lipinski definition) is 3. The van der Waals surface area contributed by atoms with Crippen molar-refractivity contribution < 1.29 is 0 Å². The summed E-state index contributed by atoms with van der Waals surface area (Å²) < 4.78 is 1.97. The van der Waals surface area contributed by atoms with Crippen molar-refractivity contribution in [1.82, 2.24) is 14.7 Å². The van der Waals surface area contributed by atoms with Gasteiger partial charge in [0.15, 0.2) is 5.69 Å². The third kappa shape index (κ3) is 1.21. The lowest BCUT2D eigenvalue weighted by atomic mass is 10.2. The van der Waals surface area contributed by atoms with E-state index in [1.807, 2.05) is 4.68 Å². The van der Waals surface area contributed by atoms with E-state index in [9.17, 15) is 0 Å². The second-order valence-corrected chi connectivity index (χ2v) is 4.10. The van der Waals surface area contributed by atoms with Gasteiger partial charge in [0, 0.05) is 24.7 Å². The molecule has 2 heterocycles. The van der Waals surface area contributed by atoms with E-state index in [-0.39, 0.29) is 0 Å². The van der Waals surface area contributed by atoms with Crippen LogP contribution >= 0.6 is 0 Å². The molecule has 0 amide bonds. The summed E-state index contributed by atoms with van der Waals surface area (Å²) in [5, 5.41) is 13.3. The molecule has 0 unspecified atom stereocenters. The van der Waals surface area contributed by atoms with Crippen molar-refractivity contribution in [2.45, 2.75) is 33.0 Å². The van der Waals surface area contributed by atoms with Crippen LogP contribution in [0.25, 0.3) is 0 Å². The van der Waals surface area contributed by atoms with Gasteiger partial charge in [0.25, 0.3) is 0 Å². The Morgan fingerprint density at radius 3 is 2.71 bits per heavy atom. The molecule has 0 radical (unpaired) electrons. The molecule has 0 bridgehead atoms. The Bertz CT molecular complexity index is 397. The fraction of sp³-hybridized carbons (Fsp3) is 0.600. The third-order valence-electron chi connectivity index (χ3n) is 2.56. The Kier molecular flexibility index (Phi) is 2.05. The molecule has 1 aromatic heterocycles. The Hall–Kier alpha value is -1.34. The summed E-state index contributed by atoms with van der Waals surface area (Å²) in [5.41, 5.74) is 2.92. The first-order valence-corrected chi connectivity index (χ1v) is 4.82. The van der Waals surface area contributed by atoms with Gasteiger partial charge in [-0.1, -0.05) is 0 Å². The van der Waals surface area contributed by atoms with Gasteiger partial charge in [0.05, 0.1) is 5.69 Å².